The van der Waals surface area contributed by atoms with Crippen molar-refractivity contribution in [1.29, 1.82) is 0 Å². The molecule has 0 bridgehead atoms. The Morgan fingerprint density at radius 3 is 2.68 bits per heavy atom. The quantitative estimate of drug-likeness (QED) is 0.825. The SMILES string of the molecule is CC(NCc1cccc(OCc2cccc(F)c2)c1)C(N)=O. The van der Waals surface area contributed by atoms with Gasteiger partial charge >= 0.3 is 0 Å². The first-order chi connectivity index (χ1) is 10.5. The molecular weight excluding hydrogens is 283 g/mol. The highest BCUT2D eigenvalue weighted by Crippen LogP contribution is 2.15. The third kappa shape index (κ3) is 4.86. The van der Waals surface area contributed by atoms with Crippen LogP contribution in [0.4, 0.5) is 4.39 Å². The number of carbonyl (C=O) groups excluding carboxylic acids is 1. The van der Waals surface area contributed by atoms with Gasteiger partial charge in [0.2, 0.25) is 5.91 Å². The predicted molar refractivity (Wildman–Crippen MR) is 82.7 cm³/mol. The Morgan fingerprint density at radius 1 is 1.23 bits per heavy atom. The van der Waals surface area contributed by atoms with Gasteiger partial charge < -0.3 is 15.8 Å². The van der Waals surface area contributed by atoms with Crippen molar-refractivity contribution in [3.8, 4) is 5.75 Å². The van der Waals surface area contributed by atoms with Gasteiger partial charge in [0.05, 0.1) is 6.04 Å². The molecule has 116 valence electrons. The smallest absolute Gasteiger partial charge is 0.234 e. The van der Waals surface area contributed by atoms with Crippen LogP contribution in [0.25, 0.3) is 0 Å². The van der Waals surface area contributed by atoms with Gasteiger partial charge in [0.1, 0.15) is 18.2 Å². The fourth-order valence-electron chi connectivity index (χ4n) is 1.91. The summed E-state index contributed by atoms with van der Waals surface area (Å²) in [6, 6.07) is 13.4. The van der Waals surface area contributed by atoms with E-state index >= 15 is 0 Å². The van der Waals surface area contributed by atoms with Gasteiger partial charge in [0.25, 0.3) is 0 Å². The molecule has 0 aliphatic carbocycles. The van der Waals surface area contributed by atoms with Crippen LogP contribution in [0.2, 0.25) is 0 Å². The summed E-state index contributed by atoms with van der Waals surface area (Å²) >= 11 is 0. The summed E-state index contributed by atoms with van der Waals surface area (Å²) in [5.41, 5.74) is 6.94. The number of hydrogen-bond acceptors (Lipinski definition) is 3. The zero-order valence-electron chi connectivity index (χ0n) is 12.4. The summed E-state index contributed by atoms with van der Waals surface area (Å²) in [7, 11) is 0. The fourth-order valence-corrected chi connectivity index (χ4v) is 1.91. The van der Waals surface area contributed by atoms with E-state index in [1.165, 1.54) is 12.1 Å². The maximum absolute atomic E-state index is 13.1. The van der Waals surface area contributed by atoms with E-state index in [1.807, 2.05) is 30.3 Å². The largest absolute Gasteiger partial charge is 0.489 e. The molecule has 0 radical (unpaired) electrons. The third-order valence-electron chi connectivity index (χ3n) is 3.23. The number of nitrogens with one attached hydrogen (secondary N) is 1. The van der Waals surface area contributed by atoms with Crippen molar-refractivity contribution in [3.05, 3.63) is 65.5 Å². The first kappa shape index (κ1) is 16.0. The highest BCUT2D eigenvalue weighted by Gasteiger charge is 2.07. The normalized spacial score (nSPS) is 11.9. The number of halogens is 1. The highest BCUT2D eigenvalue weighted by atomic mass is 19.1. The monoisotopic (exact) mass is 302 g/mol. The second-order valence-corrected chi connectivity index (χ2v) is 5.07. The number of primary amides is 1. The van der Waals surface area contributed by atoms with E-state index in [0.29, 0.717) is 18.9 Å². The number of ether oxygens (including phenoxy) is 1. The van der Waals surface area contributed by atoms with E-state index in [2.05, 4.69) is 5.32 Å². The lowest BCUT2D eigenvalue weighted by Crippen LogP contribution is -2.38. The van der Waals surface area contributed by atoms with Gasteiger partial charge in [-0.15, -0.1) is 0 Å². The third-order valence-corrected chi connectivity index (χ3v) is 3.23. The van der Waals surface area contributed by atoms with E-state index in [4.69, 9.17) is 10.5 Å². The van der Waals surface area contributed by atoms with Crippen molar-refractivity contribution in [2.75, 3.05) is 0 Å². The molecule has 1 atom stereocenters. The Morgan fingerprint density at radius 2 is 1.95 bits per heavy atom. The van der Waals surface area contributed by atoms with Crippen molar-refractivity contribution in [2.45, 2.75) is 26.1 Å². The van der Waals surface area contributed by atoms with Crippen LogP contribution in [-0.4, -0.2) is 11.9 Å². The molecule has 0 aliphatic rings. The molecule has 0 saturated carbocycles. The average Bonchev–Trinajstić information content (AvgIpc) is 2.51. The van der Waals surface area contributed by atoms with Crippen molar-refractivity contribution in [2.24, 2.45) is 5.73 Å². The standard InChI is InChI=1S/C17H19FN2O2/c1-12(17(19)21)20-10-13-4-3-7-16(9-13)22-11-14-5-2-6-15(18)8-14/h2-9,12,20H,10-11H2,1H3,(H2,19,21). The molecule has 3 N–H and O–H groups in total. The van der Waals surface area contributed by atoms with Crippen LogP contribution < -0.4 is 15.8 Å². The van der Waals surface area contributed by atoms with Crippen LogP contribution in [0.5, 0.6) is 5.75 Å². The Bertz CT molecular complexity index is 646. The second kappa shape index (κ2) is 7.56. The molecule has 4 nitrogen and oxygen atoms in total. The lowest BCUT2D eigenvalue weighted by atomic mass is 10.2. The van der Waals surface area contributed by atoms with Crippen LogP contribution in [0.1, 0.15) is 18.1 Å². The molecule has 0 heterocycles. The number of nitrogens with two attached hydrogens (primary N) is 1. The molecule has 2 rings (SSSR count). The molecule has 1 amide bonds. The Kier molecular flexibility index (Phi) is 5.49. The molecule has 0 fully saturated rings. The van der Waals surface area contributed by atoms with E-state index in [0.717, 1.165) is 11.1 Å². The second-order valence-electron chi connectivity index (χ2n) is 5.07. The van der Waals surface area contributed by atoms with Crippen molar-refractivity contribution in [1.82, 2.24) is 5.32 Å². The van der Waals surface area contributed by atoms with Crippen LogP contribution >= 0.6 is 0 Å². The fraction of sp³-hybridized carbons (Fsp3) is 0.235. The Hall–Kier alpha value is -2.40. The average molecular weight is 302 g/mol. The topological polar surface area (TPSA) is 64.3 Å². The van der Waals surface area contributed by atoms with Crippen molar-refractivity contribution < 1.29 is 13.9 Å². The van der Waals surface area contributed by atoms with Gasteiger partial charge in [-0.05, 0) is 42.3 Å². The summed E-state index contributed by atoms with van der Waals surface area (Å²) in [6.45, 7) is 2.53. The molecule has 1 unspecified atom stereocenters. The van der Waals surface area contributed by atoms with Crippen LogP contribution in [-0.2, 0) is 17.9 Å². The lowest BCUT2D eigenvalue weighted by molar-refractivity contribution is -0.119. The molecule has 0 spiro atoms. The highest BCUT2D eigenvalue weighted by molar-refractivity contribution is 5.79. The molecule has 0 aliphatic heterocycles. The maximum Gasteiger partial charge on any atom is 0.234 e. The minimum atomic E-state index is -0.392. The van der Waals surface area contributed by atoms with Gasteiger partial charge in [-0.3, -0.25) is 4.79 Å². The summed E-state index contributed by atoms with van der Waals surface area (Å²) in [6.07, 6.45) is 0. The van der Waals surface area contributed by atoms with E-state index < -0.39 is 11.9 Å². The molecular formula is C17H19FN2O2. The minimum Gasteiger partial charge on any atom is -0.489 e. The summed E-state index contributed by atoms with van der Waals surface area (Å²) in [4.78, 5) is 11.0. The minimum absolute atomic E-state index is 0.278. The number of hydrogen-bond donors (Lipinski definition) is 2. The number of amides is 1. The van der Waals surface area contributed by atoms with Crippen LogP contribution in [0, 0.1) is 5.82 Å². The van der Waals surface area contributed by atoms with Gasteiger partial charge in [0, 0.05) is 6.54 Å². The lowest BCUT2D eigenvalue weighted by Gasteiger charge is -2.11. The van der Waals surface area contributed by atoms with E-state index in [-0.39, 0.29) is 5.82 Å². The summed E-state index contributed by atoms with van der Waals surface area (Å²) in [5.74, 6) is 0.0216. The van der Waals surface area contributed by atoms with Gasteiger partial charge in [0.15, 0.2) is 0 Å². The predicted octanol–water partition coefficient (Wildman–Crippen LogP) is 2.37. The van der Waals surface area contributed by atoms with Gasteiger partial charge in [-0.25, -0.2) is 4.39 Å². The zero-order valence-corrected chi connectivity index (χ0v) is 12.4. The number of carbonyl (C=O) groups is 1. The van der Waals surface area contributed by atoms with E-state index in [9.17, 15) is 9.18 Å². The first-order valence-electron chi connectivity index (χ1n) is 7.03. The molecule has 2 aromatic carbocycles. The zero-order chi connectivity index (χ0) is 15.9. The van der Waals surface area contributed by atoms with E-state index in [1.54, 1.807) is 13.0 Å². The van der Waals surface area contributed by atoms with Gasteiger partial charge in [-0.1, -0.05) is 24.3 Å². The summed E-state index contributed by atoms with van der Waals surface area (Å²) in [5, 5.41) is 3.03. The molecule has 0 saturated heterocycles. The van der Waals surface area contributed by atoms with Crippen LogP contribution in [0.15, 0.2) is 48.5 Å². The molecule has 5 heteroatoms. The van der Waals surface area contributed by atoms with Crippen molar-refractivity contribution >= 4 is 5.91 Å². The Labute approximate surface area is 129 Å². The van der Waals surface area contributed by atoms with Crippen molar-refractivity contribution in [3.63, 3.8) is 0 Å². The number of benzene rings is 2. The Balaban J connectivity index is 1.92. The molecule has 22 heavy (non-hydrogen) atoms. The summed E-state index contributed by atoms with van der Waals surface area (Å²) < 4.78 is 18.8. The maximum atomic E-state index is 13.1. The number of rotatable bonds is 7. The van der Waals surface area contributed by atoms with Gasteiger partial charge in [-0.2, -0.15) is 0 Å². The first-order valence-corrected chi connectivity index (χ1v) is 7.03. The molecule has 2 aromatic rings. The molecule has 0 aromatic heterocycles. The van der Waals surface area contributed by atoms with Crippen LogP contribution in [0.3, 0.4) is 0 Å².